The summed E-state index contributed by atoms with van der Waals surface area (Å²) in [5.74, 6) is -3.61. The third kappa shape index (κ3) is 7.73. The number of benzene rings is 1. The zero-order valence-corrected chi connectivity index (χ0v) is 21.5. The van der Waals surface area contributed by atoms with Crippen LogP contribution in [0.5, 0.6) is 11.5 Å². The van der Waals surface area contributed by atoms with Gasteiger partial charge in [-0.2, -0.15) is 0 Å². The number of phenols is 2. The fourth-order valence-electron chi connectivity index (χ4n) is 4.23. The number of hydrogen-bond acceptors (Lipinski definition) is 5. The average molecular weight is 500 g/mol. The predicted molar refractivity (Wildman–Crippen MR) is 137 cm³/mol. The van der Waals surface area contributed by atoms with Crippen molar-refractivity contribution in [2.75, 3.05) is 0 Å². The monoisotopic (exact) mass is 499 g/mol. The summed E-state index contributed by atoms with van der Waals surface area (Å²) < 4.78 is 0. The molecule has 8 nitrogen and oxygen atoms in total. The Morgan fingerprint density at radius 3 is 2.17 bits per heavy atom. The molecular formula is C28H37NO7. The molecule has 1 atom stereocenters. The van der Waals surface area contributed by atoms with Crippen molar-refractivity contribution in [2.45, 2.75) is 85.2 Å². The molecule has 1 aromatic carbocycles. The number of nitrogens with zero attached hydrogens (tertiary/aromatic N) is 1. The van der Waals surface area contributed by atoms with E-state index in [0.717, 1.165) is 36.2 Å². The molecule has 0 saturated heterocycles. The Balaban J connectivity index is 2.10. The number of carboxylic acids is 2. The highest BCUT2D eigenvalue weighted by Crippen LogP contribution is 2.40. The topological polar surface area (TPSA) is 135 Å². The maximum absolute atomic E-state index is 12.8. The quantitative estimate of drug-likeness (QED) is 0.269. The maximum atomic E-state index is 12.8. The number of carboxylic acid groups (broad SMARTS) is 2. The highest BCUT2D eigenvalue weighted by atomic mass is 16.4. The number of rotatable bonds is 13. The molecule has 4 N–H and O–H groups in total. The predicted octanol–water partition coefficient (Wildman–Crippen LogP) is 5.33. The molecule has 1 aromatic rings. The largest absolute Gasteiger partial charge is 0.507 e. The van der Waals surface area contributed by atoms with Crippen LogP contribution >= 0.6 is 0 Å². The van der Waals surface area contributed by atoms with Crippen molar-refractivity contribution in [1.29, 1.82) is 0 Å². The minimum atomic E-state index is -1.34. The van der Waals surface area contributed by atoms with Crippen molar-refractivity contribution in [3.63, 3.8) is 0 Å². The Morgan fingerprint density at radius 2 is 1.58 bits per heavy atom. The molecule has 8 heteroatoms. The maximum Gasteiger partial charge on any atom is 0.326 e. The fraction of sp³-hybridized carbons (Fsp3) is 0.464. The Hall–Kier alpha value is -3.55. The molecule has 2 rings (SSSR count). The normalized spacial score (nSPS) is 14.6. The van der Waals surface area contributed by atoms with E-state index < -0.39 is 30.3 Å². The van der Waals surface area contributed by atoms with E-state index in [1.165, 1.54) is 17.2 Å². The first-order valence-corrected chi connectivity index (χ1v) is 12.2. The van der Waals surface area contributed by atoms with E-state index in [1.807, 2.05) is 13.0 Å². The number of carbonyl (C=O) groups excluding carboxylic acids is 1. The first kappa shape index (κ1) is 28.7. The molecule has 0 radical (unpaired) electrons. The van der Waals surface area contributed by atoms with Crippen LogP contribution in [0.2, 0.25) is 0 Å². The van der Waals surface area contributed by atoms with Crippen LogP contribution in [0.3, 0.4) is 0 Å². The second-order valence-corrected chi connectivity index (χ2v) is 9.63. The summed E-state index contributed by atoms with van der Waals surface area (Å²) in [5, 5.41) is 39.7. The van der Waals surface area contributed by atoms with Gasteiger partial charge in [0.05, 0.1) is 12.1 Å². The van der Waals surface area contributed by atoms with Gasteiger partial charge in [0.2, 0.25) is 0 Å². The summed E-state index contributed by atoms with van der Waals surface area (Å²) in [6.07, 6.45) is 9.76. The molecule has 1 unspecified atom stereocenters. The zero-order valence-electron chi connectivity index (χ0n) is 21.5. The lowest BCUT2D eigenvalue weighted by Gasteiger charge is -2.23. The summed E-state index contributed by atoms with van der Waals surface area (Å²) in [6, 6.07) is -0.0865. The first-order valence-electron chi connectivity index (χ1n) is 12.2. The third-order valence-corrected chi connectivity index (χ3v) is 6.38. The van der Waals surface area contributed by atoms with E-state index in [1.54, 1.807) is 0 Å². The summed E-state index contributed by atoms with van der Waals surface area (Å²) in [5.41, 5.74) is 4.30. The average Bonchev–Trinajstić information content (AvgIpc) is 3.09. The van der Waals surface area contributed by atoms with Crippen LogP contribution in [0.25, 0.3) is 0 Å². The Labute approximate surface area is 212 Å². The third-order valence-electron chi connectivity index (χ3n) is 6.38. The fourth-order valence-corrected chi connectivity index (χ4v) is 4.23. The molecule has 1 heterocycles. The van der Waals surface area contributed by atoms with Crippen molar-refractivity contribution in [3.8, 4) is 11.5 Å². The number of allylic oxidation sites excluding steroid dienone is 6. The number of phenolic OH excluding ortho intramolecular Hbond substituents is 2. The molecule has 0 saturated carbocycles. The van der Waals surface area contributed by atoms with Crippen LogP contribution < -0.4 is 0 Å². The number of aromatic hydroxyl groups is 2. The highest BCUT2D eigenvalue weighted by Gasteiger charge is 2.39. The van der Waals surface area contributed by atoms with E-state index in [4.69, 9.17) is 5.11 Å². The van der Waals surface area contributed by atoms with Crippen molar-refractivity contribution < 1.29 is 34.8 Å². The minimum Gasteiger partial charge on any atom is -0.507 e. The van der Waals surface area contributed by atoms with Gasteiger partial charge in [0.1, 0.15) is 17.5 Å². The molecule has 0 spiro atoms. The molecule has 1 aliphatic heterocycles. The summed E-state index contributed by atoms with van der Waals surface area (Å²) in [6.45, 7) is 8.13. The molecule has 0 fully saturated rings. The number of fused-ring (bicyclic) bond motifs is 1. The number of hydrogen-bond donors (Lipinski definition) is 4. The molecular weight excluding hydrogens is 462 g/mol. The van der Waals surface area contributed by atoms with Gasteiger partial charge in [-0.05, 0) is 72.3 Å². The molecule has 196 valence electrons. The van der Waals surface area contributed by atoms with Crippen LogP contribution in [-0.2, 0) is 22.6 Å². The van der Waals surface area contributed by atoms with Gasteiger partial charge in [0.15, 0.2) is 0 Å². The number of amides is 1. The molecule has 1 amide bonds. The van der Waals surface area contributed by atoms with Gasteiger partial charge in [-0.25, -0.2) is 4.79 Å². The second-order valence-electron chi connectivity index (χ2n) is 9.63. The lowest BCUT2D eigenvalue weighted by atomic mass is 9.99. The summed E-state index contributed by atoms with van der Waals surface area (Å²) in [7, 11) is 0. The SMILES string of the molecule is CC(C)=CCC/C(C)=C/CC/C(C)=C/Cc1c(O)cc2c(c1O)CN(C(CCC(=O)O)C(=O)O)C2=O. The van der Waals surface area contributed by atoms with Crippen LogP contribution in [0.15, 0.2) is 41.0 Å². The number of carbonyl (C=O) groups is 3. The Bertz CT molecular complexity index is 1090. The van der Waals surface area contributed by atoms with Crippen LogP contribution in [-0.4, -0.2) is 49.2 Å². The van der Waals surface area contributed by atoms with Gasteiger partial charge < -0.3 is 25.3 Å². The van der Waals surface area contributed by atoms with Gasteiger partial charge in [-0.1, -0.05) is 34.9 Å². The van der Waals surface area contributed by atoms with E-state index in [9.17, 15) is 29.7 Å². The Morgan fingerprint density at radius 1 is 0.972 bits per heavy atom. The standard InChI is InChI=1S/C28H37NO7/c1-17(2)7-5-8-18(3)9-6-10-19(4)11-12-20-24(30)15-21-22(26(20)33)16-29(27(21)34)23(28(35)36)13-14-25(31)32/h7,9,11,15,23,30,33H,5-6,8,10,12-14,16H2,1-4H3,(H,31,32)(H,35,36)/b18-9+,19-11+. The zero-order chi connectivity index (χ0) is 27.0. The van der Waals surface area contributed by atoms with E-state index in [-0.39, 0.29) is 47.6 Å². The van der Waals surface area contributed by atoms with E-state index in [0.29, 0.717) is 0 Å². The van der Waals surface area contributed by atoms with Crippen molar-refractivity contribution >= 4 is 17.8 Å². The molecule has 0 bridgehead atoms. The molecule has 0 aromatic heterocycles. The number of aliphatic carboxylic acids is 2. The van der Waals surface area contributed by atoms with E-state index in [2.05, 4.69) is 32.9 Å². The smallest absolute Gasteiger partial charge is 0.326 e. The first-order chi connectivity index (χ1) is 16.9. The molecule has 0 aliphatic carbocycles. The highest BCUT2D eigenvalue weighted by molar-refractivity contribution is 6.02. The lowest BCUT2D eigenvalue weighted by Crippen LogP contribution is -2.41. The lowest BCUT2D eigenvalue weighted by molar-refractivity contribution is -0.143. The van der Waals surface area contributed by atoms with Crippen LogP contribution in [0.4, 0.5) is 0 Å². The minimum absolute atomic E-state index is 0.0322. The summed E-state index contributed by atoms with van der Waals surface area (Å²) >= 11 is 0. The molecule has 1 aliphatic rings. The van der Waals surface area contributed by atoms with Gasteiger partial charge in [0, 0.05) is 17.5 Å². The molecule has 36 heavy (non-hydrogen) atoms. The van der Waals surface area contributed by atoms with Crippen LogP contribution in [0, 0.1) is 0 Å². The Kier molecular flexibility index (Phi) is 10.3. The van der Waals surface area contributed by atoms with Crippen molar-refractivity contribution in [3.05, 3.63) is 57.7 Å². The van der Waals surface area contributed by atoms with Gasteiger partial charge in [0.25, 0.3) is 5.91 Å². The van der Waals surface area contributed by atoms with Gasteiger partial charge in [-0.3, -0.25) is 9.59 Å². The summed E-state index contributed by atoms with van der Waals surface area (Å²) in [4.78, 5) is 36.4. The second kappa shape index (κ2) is 13.0. The van der Waals surface area contributed by atoms with E-state index >= 15 is 0 Å². The van der Waals surface area contributed by atoms with Gasteiger partial charge in [-0.15, -0.1) is 0 Å². The van der Waals surface area contributed by atoms with Crippen LogP contribution in [0.1, 0.15) is 87.7 Å². The van der Waals surface area contributed by atoms with Gasteiger partial charge >= 0.3 is 11.9 Å². The van der Waals surface area contributed by atoms with Crippen molar-refractivity contribution in [2.24, 2.45) is 0 Å². The van der Waals surface area contributed by atoms with Crippen molar-refractivity contribution in [1.82, 2.24) is 4.90 Å².